The van der Waals surface area contributed by atoms with Crippen LogP contribution in [-0.2, 0) is 16.0 Å². The van der Waals surface area contributed by atoms with Crippen LogP contribution in [0, 0.1) is 0 Å². The number of ether oxygens (including phenoxy) is 1. The number of nitrogens with zero attached hydrogens (tertiary/aromatic N) is 1. The Bertz CT molecular complexity index is 414. The Kier molecular flexibility index (Phi) is 3.41. The zero-order valence-corrected chi connectivity index (χ0v) is 9.33. The molecule has 0 spiro atoms. The van der Waals surface area contributed by atoms with Crippen molar-refractivity contribution in [3.8, 4) is 0 Å². The maximum absolute atomic E-state index is 10.8. The Labute approximate surface area is 98.3 Å². The first-order chi connectivity index (χ1) is 7.74. The van der Waals surface area contributed by atoms with Crippen molar-refractivity contribution in [2.45, 2.75) is 6.42 Å². The Balaban J connectivity index is 1.78. The van der Waals surface area contributed by atoms with E-state index in [1.54, 1.807) is 12.3 Å². The maximum atomic E-state index is 10.8. The predicted octanol–water partition coefficient (Wildman–Crippen LogP) is 1.31. The van der Waals surface area contributed by atoms with Gasteiger partial charge in [0.1, 0.15) is 11.8 Å². The largest absolute Gasteiger partial charge is 0.456 e. The topological polar surface area (TPSA) is 51.2 Å². The summed E-state index contributed by atoms with van der Waals surface area (Å²) < 4.78 is 4.76. The first-order valence-corrected chi connectivity index (χ1v) is 5.33. The summed E-state index contributed by atoms with van der Waals surface area (Å²) in [6, 6.07) is 3.69. The molecule has 2 heterocycles. The number of hydrogen-bond donors (Lipinski definition) is 1. The second-order valence-corrected chi connectivity index (χ2v) is 3.83. The Morgan fingerprint density at radius 3 is 3.00 bits per heavy atom. The molecular weight excluding hydrogens is 228 g/mol. The lowest BCUT2D eigenvalue weighted by Gasteiger charge is -2.05. The van der Waals surface area contributed by atoms with Crippen molar-refractivity contribution in [3.05, 3.63) is 40.8 Å². The summed E-state index contributed by atoms with van der Waals surface area (Å²) in [7, 11) is 0. The number of aromatic nitrogens is 1. The third-order valence-corrected chi connectivity index (χ3v) is 2.44. The van der Waals surface area contributed by atoms with Crippen LogP contribution in [0.1, 0.15) is 5.56 Å². The molecule has 0 radical (unpaired) electrons. The van der Waals surface area contributed by atoms with Gasteiger partial charge in [0.2, 0.25) is 0 Å². The van der Waals surface area contributed by atoms with Crippen LogP contribution in [-0.4, -0.2) is 24.1 Å². The van der Waals surface area contributed by atoms with E-state index in [0.29, 0.717) is 11.8 Å². The molecule has 16 heavy (non-hydrogen) atoms. The molecule has 1 aromatic rings. The lowest BCUT2D eigenvalue weighted by molar-refractivity contribution is -0.134. The number of carbonyl (C=O) groups excluding carboxylic acids is 1. The van der Waals surface area contributed by atoms with Crippen LogP contribution in [0.25, 0.3) is 0 Å². The van der Waals surface area contributed by atoms with E-state index in [2.05, 4.69) is 10.3 Å². The summed E-state index contributed by atoms with van der Waals surface area (Å²) in [5.41, 5.74) is 1.93. The number of cyclic esters (lactones) is 1. The molecule has 1 N–H and O–H groups in total. The molecule has 0 aliphatic carbocycles. The molecule has 1 aromatic heterocycles. The molecule has 0 atom stereocenters. The Hall–Kier alpha value is -1.55. The highest BCUT2D eigenvalue weighted by Crippen LogP contribution is 2.06. The molecule has 0 fully saturated rings. The molecule has 2 rings (SSSR count). The number of pyridine rings is 1. The highest BCUT2D eigenvalue weighted by molar-refractivity contribution is 6.29. The standard InChI is InChI=1S/C11H11ClN2O2/c12-10-2-1-8(6-14-10)3-4-13-9-5-11(15)16-7-9/h1-2,5-6,13H,3-4,7H2. The van der Waals surface area contributed by atoms with Crippen LogP contribution < -0.4 is 5.32 Å². The van der Waals surface area contributed by atoms with Crippen LogP contribution in [0.3, 0.4) is 0 Å². The van der Waals surface area contributed by atoms with E-state index in [1.807, 2.05) is 6.07 Å². The summed E-state index contributed by atoms with van der Waals surface area (Å²) in [6.45, 7) is 1.09. The fourth-order valence-corrected chi connectivity index (χ4v) is 1.51. The van der Waals surface area contributed by atoms with Crippen molar-refractivity contribution >= 4 is 17.6 Å². The average molecular weight is 239 g/mol. The van der Waals surface area contributed by atoms with Gasteiger partial charge in [-0.15, -0.1) is 0 Å². The van der Waals surface area contributed by atoms with Crippen molar-refractivity contribution in [3.63, 3.8) is 0 Å². The van der Waals surface area contributed by atoms with Gasteiger partial charge in [-0.2, -0.15) is 0 Å². The van der Waals surface area contributed by atoms with Gasteiger partial charge >= 0.3 is 5.97 Å². The van der Waals surface area contributed by atoms with Gasteiger partial charge < -0.3 is 10.1 Å². The van der Waals surface area contributed by atoms with Gasteiger partial charge in [-0.1, -0.05) is 17.7 Å². The van der Waals surface area contributed by atoms with Gasteiger partial charge in [-0.3, -0.25) is 0 Å². The van der Waals surface area contributed by atoms with E-state index in [0.717, 1.165) is 24.2 Å². The Morgan fingerprint density at radius 1 is 1.50 bits per heavy atom. The SMILES string of the molecule is O=C1C=C(NCCc2ccc(Cl)nc2)CO1. The highest BCUT2D eigenvalue weighted by atomic mass is 35.5. The van der Waals surface area contributed by atoms with Crippen molar-refractivity contribution in [2.24, 2.45) is 0 Å². The fraction of sp³-hybridized carbons (Fsp3) is 0.273. The van der Waals surface area contributed by atoms with Gasteiger partial charge in [0.05, 0.1) is 5.70 Å². The molecule has 0 saturated heterocycles. The molecule has 0 bridgehead atoms. The first kappa shape index (κ1) is 11.0. The van der Waals surface area contributed by atoms with Crippen molar-refractivity contribution in [1.29, 1.82) is 0 Å². The highest BCUT2D eigenvalue weighted by Gasteiger charge is 2.11. The van der Waals surface area contributed by atoms with E-state index in [-0.39, 0.29) is 5.97 Å². The van der Waals surface area contributed by atoms with Crippen LogP contribution >= 0.6 is 11.6 Å². The predicted molar refractivity (Wildman–Crippen MR) is 60.0 cm³/mol. The minimum Gasteiger partial charge on any atom is -0.456 e. The van der Waals surface area contributed by atoms with E-state index in [9.17, 15) is 4.79 Å². The normalized spacial score (nSPS) is 14.6. The smallest absolute Gasteiger partial charge is 0.333 e. The van der Waals surface area contributed by atoms with E-state index >= 15 is 0 Å². The number of rotatable bonds is 4. The van der Waals surface area contributed by atoms with Gasteiger partial charge in [0.25, 0.3) is 0 Å². The number of halogens is 1. The lowest BCUT2D eigenvalue weighted by Crippen LogP contribution is -2.17. The van der Waals surface area contributed by atoms with Gasteiger partial charge in [-0.05, 0) is 18.1 Å². The van der Waals surface area contributed by atoms with Crippen LogP contribution in [0.5, 0.6) is 0 Å². The third kappa shape index (κ3) is 2.97. The molecule has 4 nitrogen and oxygen atoms in total. The molecule has 0 saturated carbocycles. The molecule has 0 aromatic carbocycles. The summed E-state index contributed by atoms with van der Waals surface area (Å²) in [6.07, 6.45) is 4.05. The molecule has 1 aliphatic heterocycles. The molecule has 5 heteroatoms. The Morgan fingerprint density at radius 2 is 2.38 bits per heavy atom. The summed E-state index contributed by atoms with van der Waals surface area (Å²) in [4.78, 5) is 14.7. The third-order valence-electron chi connectivity index (χ3n) is 2.22. The molecule has 84 valence electrons. The van der Waals surface area contributed by atoms with Crippen molar-refractivity contribution in [1.82, 2.24) is 10.3 Å². The number of carbonyl (C=O) groups is 1. The van der Waals surface area contributed by atoms with Crippen LogP contribution in [0.4, 0.5) is 0 Å². The summed E-state index contributed by atoms with van der Waals surface area (Å²) in [5, 5.41) is 3.62. The summed E-state index contributed by atoms with van der Waals surface area (Å²) >= 11 is 5.68. The van der Waals surface area contributed by atoms with Gasteiger partial charge in [0.15, 0.2) is 0 Å². The van der Waals surface area contributed by atoms with E-state index < -0.39 is 0 Å². The molecular formula is C11H11ClN2O2. The van der Waals surface area contributed by atoms with E-state index in [4.69, 9.17) is 16.3 Å². The number of esters is 1. The van der Waals surface area contributed by atoms with Crippen LogP contribution in [0.2, 0.25) is 5.15 Å². The molecule has 0 unspecified atom stereocenters. The zero-order valence-electron chi connectivity index (χ0n) is 8.57. The minimum atomic E-state index is -0.282. The van der Waals surface area contributed by atoms with Crippen LogP contribution in [0.15, 0.2) is 30.1 Å². The average Bonchev–Trinajstić information content (AvgIpc) is 2.67. The van der Waals surface area contributed by atoms with Crippen molar-refractivity contribution in [2.75, 3.05) is 13.2 Å². The van der Waals surface area contributed by atoms with E-state index in [1.165, 1.54) is 6.08 Å². The monoisotopic (exact) mass is 238 g/mol. The molecule has 1 aliphatic rings. The lowest BCUT2D eigenvalue weighted by atomic mass is 10.2. The van der Waals surface area contributed by atoms with Crippen molar-refractivity contribution < 1.29 is 9.53 Å². The molecule has 0 amide bonds. The minimum absolute atomic E-state index is 0.282. The quantitative estimate of drug-likeness (QED) is 0.635. The second kappa shape index (κ2) is 4.99. The number of hydrogen-bond acceptors (Lipinski definition) is 4. The zero-order chi connectivity index (χ0) is 11.4. The second-order valence-electron chi connectivity index (χ2n) is 3.44. The first-order valence-electron chi connectivity index (χ1n) is 4.96. The van der Waals surface area contributed by atoms with Gasteiger partial charge in [-0.25, -0.2) is 9.78 Å². The fourth-order valence-electron chi connectivity index (χ4n) is 1.40. The summed E-state index contributed by atoms with van der Waals surface area (Å²) in [5.74, 6) is -0.282. The number of nitrogens with one attached hydrogen (secondary N) is 1. The van der Waals surface area contributed by atoms with Gasteiger partial charge in [0, 0.05) is 18.8 Å². The maximum Gasteiger partial charge on any atom is 0.333 e.